The van der Waals surface area contributed by atoms with Crippen molar-refractivity contribution < 1.29 is 0 Å². The van der Waals surface area contributed by atoms with E-state index in [2.05, 4.69) is 46.6 Å². The molecule has 0 fully saturated rings. The van der Waals surface area contributed by atoms with Crippen molar-refractivity contribution in [2.45, 2.75) is 30.8 Å². The summed E-state index contributed by atoms with van der Waals surface area (Å²) in [6, 6.07) is 8.27. The van der Waals surface area contributed by atoms with Crippen LogP contribution in [0, 0.1) is 6.92 Å². The van der Waals surface area contributed by atoms with E-state index in [0.717, 1.165) is 33.9 Å². The Morgan fingerprint density at radius 1 is 1.32 bits per heavy atom. The van der Waals surface area contributed by atoms with Gasteiger partial charge in [0.25, 0.3) is 0 Å². The van der Waals surface area contributed by atoms with Crippen LogP contribution in [0.15, 0.2) is 29.4 Å². The molecule has 112 valence electrons. The van der Waals surface area contributed by atoms with E-state index in [1.165, 1.54) is 5.56 Å². The zero-order valence-corrected chi connectivity index (χ0v) is 13.7. The number of nitrogens with zero attached hydrogens (tertiary/aromatic N) is 4. The van der Waals surface area contributed by atoms with Crippen LogP contribution in [0.25, 0.3) is 10.9 Å². The normalized spacial score (nSPS) is 16.8. The molecule has 0 bridgehead atoms. The van der Waals surface area contributed by atoms with Gasteiger partial charge < -0.3 is 5.43 Å². The van der Waals surface area contributed by atoms with Crippen LogP contribution in [-0.4, -0.2) is 19.9 Å². The molecule has 5 nitrogen and oxygen atoms in total. The van der Waals surface area contributed by atoms with Crippen molar-refractivity contribution in [1.82, 2.24) is 19.9 Å². The number of aromatic nitrogens is 4. The third-order valence-electron chi connectivity index (χ3n) is 3.72. The Labute approximate surface area is 137 Å². The smallest absolute Gasteiger partial charge is 0.212 e. The van der Waals surface area contributed by atoms with Crippen molar-refractivity contribution in [3.8, 4) is 0 Å². The highest BCUT2D eigenvalue weighted by molar-refractivity contribution is 7.99. The number of benzene rings is 1. The Hall–Kier alpha value is -1.79. The van der Waals surface area contributed by atoms with Crippen molar-refractivity contribution in [1.29, 1.82) is 0 Å². The fourth-order valence-corrected chi connectivity index (χ4v) is 3.94. The third kappa shape index (κ3) is 2.14. The van der Waals surface area contributed by atoms with Gasteiger partial charge in [0.15, 0.2) is 5.82 Å². The standard InChI is InChI=1S/C15H14ClN5S/c1-3-12-18-19-15-21(12)20-14(22-15)10-7-9-6-8(2)4-5-11(9)17-13(10)16/h4-7,14,20H,3H2,1-2H3. The van der Waals surface area contributed by atoms with Crippen LogP contribution in [0.2, 0.25) is 5.15 Å². The molecule has 0 saturated carbocycles. The number of hydrogen-bond donors (Lipinski definition) is 1. The Morgan fingerprint density at radius 2 is 2.18 bits per heavy atom. The molecule has 1 aliphatic heterocycles. The summed E-state index contributed by atoms with van der Waals surface area (Å²) >= 11 is 8.00. The minimum absolute atomic E-state index is 0.000659. The van der Waals surface area contributed by atoms with Gasteiger partial charge in [-0.25, -0.2) is 9.66 Å². The molecular formula is C15H14ClN5S. The first kappa shape index (κ1) is 13.8. The van der Waals surface area contributed by atoms with Crippen molar-refractivity contribution in [3.05, 3.63) is 46.4 Å². The van der Waals surface area contributed by atoms with Crippen LogP contribution in [0.3, 0.4) is 0 Å². The zero-order valence-electron chi connectivity index (χ0n) is 12.2. The molecule has 1 aliphatic rings. The molecule has 4 rings (SSSR count). The number of rotatable bonds is 2. The molecule has 7 heteroatoms. The summed E-state index contributed by atoms with van der Waals surface area (Å²) in [7, 11) is 0. The highest BCUT2D eigenvalue weighted by Crippen LogP contribution is 2.41. The second-order valence-corrected chi connectivity index (χ2v) is 6.71. The number of thioether (sulfide) groups is 1. The lowest BCUT2D eigenvalue weighted by molar-refractivity contribution is 0.739. The van der Waals surface area contributed by atoms with Crippen LogP contribution in [0.5, 0.6) is 0 Å². The fourth-order valence-electron chi connectivity index (χ4n) is 2.59. The van der Waals surface area contributed by atoms with Gasteiger partial charge in [-0.1, -0.05) is 41.9 Å². The van der Waals surface area contributed by atoms with Crippen molar-refractivity contribution in [3.63, 3.8) is 0 Å². The molecule has 0 radical (unpaired) electrons. The molecule has 0 amide bonds. The van der Waals surface area contributed by atoms with Gasteiger partial charge in [0, 0.05) is 17.4 Å². The van der Waals surface area contributed by atoms with E-state index >= 15 is 0 Å². The summed E-state index contributed by atoms with van der Waals surface area (Å²) in [6.45, 7) is 4.13. The van der Waals surface area contributed by atoms with Gasteiger partial charge in [-0.15, -0.1) is 10.2 Å². The second-order valence-electron chi connectivity index (χ2n) is 5.28. The molecule has 0 aliphatic carbocycles. The topological polar surface area (TPSA) is 55.6 Å². The Balaban J connectivity index is 1.76. The summed E-state index contributed by atoms with van der Waals surface area (Å²) in [4.78, 5) is 4.52. The quantitative estimate of drug-likeness (QED) is 0.726. The van der Waals surface area contributed by atoms with E-state index in [4.69, 9.17) is 11.6 Å². The highest BCUT2D eigenvalue weighted by atomic mass is 35.5. The predicted octanol–water partition coefficient (Wildman–Crippen LogP) is 3.70. The van der Waals surface area contributed by atoms with E-state index < -0.39 is 0 Å². The van der Waals surface area contributed by atoms with Crippen LogP contribution >= 0.6 is 23.4 Å². The van der Waals surface area contributed by atoms with E-state index in [0.29, 0.717) is 5.15 Å². The minimum Gasteiger partial charge on any atom is -0.304 e. The third-order valence-corrected chi connectivity index (χ3v) is 5.09. The first-order chi connectivity index (χ1) is 10.7. The van der Waals surface area contributed by atoms with Crippen molar-refractivity contribution in [2.24, 2.45) is 0 Å². The molecule has 3 aromatic rings. The Kier molecular flexibility index (Phi) is 3.23. The van der Waals surface area contributed by atoms with Gasteiger partial charge in [0.05, 0.1) is 5.52 Å². The number of pyridine rings is 1. The lowest BCUT2D eigenvalue weighted by Crippen LogP contribution is -2.15. The highest BCUT2D eigenvalue weighted by Gasteiger charge is 2.29. The average Bonchev–Trinajstić information content (AvgIpc) is 3.06. The van der Waals surface area contributed by atoms with Crippen LogP contribution < -0.4 is 5.43 Å². The SMILES string of the molecule is CCc1nnc2n1NC(c1cc3cc(C)ccc3nc1Cl)S2. The monoisotopic (exact) mass is 331 g/mol. The van der Waals surface area contributed by atoms with Gasteiger partial charge in [-0.2, -0.15) is 0 Å². The Bertz CT molecular complexity index is 876. The van der Waals surface area contributed by atoms with Gasteiger partial charge in [-0.3, -0.25) is 0 Å². The first-order valence-electron chi connectivity index (χ1n) is 7.10. The van der Waals surface area contributed by atoms with Crippen LogP contribution in [0.1, 0.15) is 29.2 Å². The van der Waals surface area contributed by atoms with Gasteiger partial charge in [0.1, 0.15) is 10.5 Å². The molecule has 0 spiro atoms. The van der Waals surface area contributed by atoms with E-state index in [1.807, 2.05) is 16.8 Å². The maximum Gasteiger partial charge on any atom is 0.212 e. The van der Waals surface area contributed by atoms with Crippen LogP contribution in [-0.2, 0) is 6.42 Å². The fraction of sp³-hybridized carbons (Fsp3) is 0.267. The van der Waals surface area contributed by atoms with Gasteiger partial charge >= 0.3 is 0 Å². The largest absolute Gasteiger partial charge is 0.304 e. The molecule has 1 N–H and O–H groups in total. The molecule has 22 heavy (non-hydrogen) atoms. The summed E-state index contributed by atoms with van der Waals surface area (Å²) in [6.07, 6.45) is 0.830. The van der Waals surface area contributed by atoms with Crippen molar-refractivity contribution >= 4 is 34.3 Å². The summed E-state index contributed by atoms with van der Waals surface area (Å²) in [5, 5.41) is 10.8. The summed E-state index contributed by atoms with van der Waals surface area (Å²) in [5.74, 6) is 0.922. The van der Waals surface area contributed by atoms with Crippen molar-refractivity contribution in [2.75, 3.05) is 5.43 Å². The number of halogens is 1. The minimum atomic E-state index is 0.000659. The number of aryl methyl sites for hydroxylation is 2. The average molecular weight is 332 g/mol. The second kappa shape index (κ2) is 5.14. The number of fused-ring (bicyclic) bond motifs is 2. The predicted molar refractivity (Wildman–Crippen MR) is 88.8 cm³/mol. The molecular weight excluding hydrogens is 318 g/mol. The van der Waals surface area contributed by atoms with E-state index in [9.17, 15) is 0 Å². The van der Waals surface area contributed by atoms with Crippen LogP contribution in [0.4, 0.5) is 0 Å². The van der Waals surface area contributed by atoms with E-state index in [-0.39, 0.29) is 5.37 Å². The number of nitrogens with one attached hydrogen (secondary N) is 1. The maximum atomic E-state index is 6.40. The summed E-state index contributed by atoms with van der Waals surface area (Å²) in [5.41, 5.74) is 6.49. The molecule has 0 saturated heterocycles. The van der Waals surface area contributed by atoms with Gasteiger partial charge in [0.2, 0.25) is 5.16 Å². The lowest BCUT2D eigenvalue weighted by atomic mass is 10.1. The van der Waals surface area contributed by atoms with Gasteiger partial charge in [-0.05, 0) is 25.1 Å². The molecule has 1 atom stereocenters. The maximum absolute atomic E-state index is 6.40. The summed E-state index contributed by atoms with van der Waals surface area (Å²) < 4.78 is 1.94. The lowest BCUT2D eigenvalue weighted by Gasteiger charge is -2.14. The number of hydrogen-bond acceptors (Lipinski definition) is 5. The molecule has 2 aromatic heterocycles. The zero-order chi connectivity index (χ0) is 15.3. The van der Waals surface area contributed by atoms with E-state index in [1.54, 1.807) is 11.8 Å². The molecule has 3 heterocycles. The molecule has 1 unspecified atom stereocenters. The first-order valence-corrected chi connectivity index (χ1v) is 8.36. The Morgan fingerprint density at radius 3 is 3.00 bits per heavy atom. The molecule has 1 aromatic carbocycles.